The van der Waals surface area contributed by atoms with Crippen LogP contribution in [-0.2, 0) is 6.54 Å². The summed E-state index contributed by atoms with van der Waals surface area (Å²) in [6, 6.07) is 13.5. The molecule has 4 rings (SSSR count). The van der Waals surface area contributed by atoms with Crippen molar-refractivity contribution in [3.8, 4) is 11.4 Å². The van der Waals surface area contributed by atoms with Gasteiger partial charge in [0.05, 0.1) is 28.1 Å². The highest BCUT2D eigenvalue weighted by molar-refractivity contribution is 5.93. The number of nitro benzene ring substituents is 1. The largest absolute Gasteiger partial charge is 0.348 e. The topological polar surface area (TPSA) is 121 Å². The van der Waals surface area contributed by atoms with Gasteiger partial charge in [0.25, 0.3) is 11.6 Å². The second-order valence-electron chi connectivity index (χ2n) is 6.14. The predicted molar refractivity (Wildman–Crippen MR) is 103 cm³/mol. The van der Waals surface area contributed by atoms with Crippen LogP contribution in [0.5, 0.6) is 0 Å². The number of aromatic nitrogens is 5. The summed E-state index contributed by atoms with van der Waals surface area (Å²) in [4.78, 5) is 26.6. The van der Waals surface area contributed by atoms with Crippen LogP contribution in [0.3, 0.4) is 0 Å². The number of nitrogens with one attached hydrogen (secondary N) is 1. The summed E-state index contributed by atoms with van der Waals surface area (Å²) in [5.74, 6) is -0.265. The van der Waals surface area contributed by atoms with Crippen LogP contribution in [0.4, 0.5) is 5.69 Å². The average Bonchev–Trinajstić information content (AvgIpc) is 3.45. The summed E-state index contributed by atoms with van der Waals surface area (Å²) >= 11 is 0. The van der Waals surface area contributed by atoms with E-state index in [-0.39, 0.29) is 11.6 Å². The van der Waals surface area contributed by atoms with Gasteiger partial charge in [-0.25, -0.2) is 14.3 Å². The van der Waals surface area contributed by atoms with Gasteiger partial charge in [-0.2, -0.15) is 10.2 Å². The monoisotopic (exact) mass is 389 g/mol. The van der Waals surface area contributed by atoms with Crippen molar-refractivity contribution in [2.45, 2.75) is 6.54 Å². The Hall–Kier alpha value is -4.34. The van der Waals surface area contributed by atoms with Gasteiger partial charge in [0.2, 0.25) is 0 Å². The summed E-state index contributed by atoms with van der Waals surface area (Å²) in [7, 11) is 0. The van der Waals surface area contributed by atoms with E-state index in [9.17, 15) is 14.9 Å². The third-order valence-corrected chi connectivity index (χ3v) is 4.24. The molecule has 10 heteroatoms. The molecule has 0 radical (unpaired) electrons. The van der Waals surface area contributed by atoms with Crippen molar-refractivity contribution in [3.63, 3.8) is 0 Å². The third kappa shape index (κ3) is 4.00. The first-order valence-electron chi connectivity index (χ1n) is 8.62. The number of carbonyl (C=O) groups excluding carboxylic acids is 1. The van der Waals surface area contributed by atoms with Gasteiger partial charge in [-0.15, -0.1) is 0 Å². The third-order valence-electron chi connectivity index (χ3n) is 4.24. The van der Waals surface area contributed by atoms with Crippen molar-refractivity contribution in [1.29, 1.82) is 0 Å². The number of rotatable bonds is 6. The molecule has 2 aromatic heterocycles. The number of nitro groups is 1. The number of hydrogen-bond acceptors (Lipinski definition) is 6. The molecule has 0 aliphatic carbocycles. The van der Waals surface area contributed by atoms with Crippen LogP contribution in [0.1, 0.15) is 15.9 Å². The molecule has 1 N–H and O–H groups in total. The van der Waals surface area contributed by atoms with Crippen LogP contribution >= 0.6 is 0 Å². The summed E-state index contributed by atoms with van der Waals surface area (Å²) < 4.78 is 3.14. The second-order valence-corrected chi connectivity index (χ2v) is 6.14. The fourth-order valence-electron chi connectivity index (χ4n) is 2.70. The molecular weight excluding hydrogens is 374 g/mol. The first-order chi connectivity index (χ1) is 14.1. The maximum atomic E-state index is 12.4. The van der Waals surface area contributed by atoms with E-state index < -0.39 is 4.92 Å². The maximum Gasteiger partial charge on any atom is 0.269 e. The van der Waals surface area contributed by atoms with Gasteiger partial charge in [0.15, 0.2) is 0 Å². The number of nitrogens with zero attached hydrogens (tertiary/aromatic N) is 6. The molecule has 1 amide bonds. The first kappa shape index (κ1) is 18.0. The van der Waals surface area contributed by atoms with E-state index in [1.807, 2.05) is 24.3 Å². The van der Waals surface area contributed by atoms with Gasteiger partial charge < -0.3 is 5.32 Å². The van der Waals surface area contributed by atoms with E-state index in [2.05, 4.69) is 20.5 Å². The Labute approximate surface area is 164 Å². The Balaban J connectivity index is 1.38. The van der Waals surface area contributed by atoms with Gasteiger partial charge in [-0.1, -0.05) is 12.1 Å². The Kier molecular flexibility index (Phi) is 4.81. The highest BCUT2D eigenvalue weighted by Gasteiger charge is 2.11. The molecule has 0 aliphatic heterocycles. The van der Waals surface area contributed by atoms with Crippen LogP contribution in [0.15, 0.2) is 73.6 Å². The molecule has 0 unspecified atom stereocenters. The highest BCUT2D eigenvalue weighted by atomic mass is 16.6. The van der Waals surface area contributed by atoms with Gasteiger partial charge in [0.1, 0.15) is 12.7 Å². The Bertz CT molecular complexity index is 1130. The number of non-ortho nitro benzene ring substituents is 1. The van der Waals surface area contributed by atoms with Crippen molar-refractivity contribution in [3.05, 3.63) is 94.8 Å². The lowest BCUT2D eigenvalue weighted by Gasteiger charge is -2.05. The molecular formula is C19H15N7O3. The molecule has 0 saturated heterocycles. The van der Waals surface area contributed by atoms with Crippen LogP contribution in [0.25, 0.3) is 11.4 Å². The Morgan fingerprint density at radius 3 is 2.34 bits per heavy atom. The molecule has 0 saturated carbocycles. The van der Waals surface area contributed by atoms with Crippen molar-refractivity contribution < 1.29 is 9.72 Å². The molecule has 10 nitrogen and oxygen atoms in total. The van der Waals surface area contributed by atoms with Crippen LogP contribution < -0.4 is 5.32 Å². The first-order valence-corrected chi connectivity index (χ1v) is 8.62. The molecule has 0 spiro atoms. The van der Waals surface area contributed by atoms with E-state index in [0.29, 0.717) is 17.8 Å². The molecule has 29 heavy (non-hydrogen) atoms. The Morgan fingerprint density at radius 2 is 1.69 bits per heavy atom. The molecule has 0 aliphatic rings. The fraction of sp³-hybridized carbons (Fsp3) is 0.0526. The van der Waals surface area contributed by atoms with E-state index >= 15 is 0 Å². The molecule has 2 heterocycles. The molecule has 0 atom stereocenters. The van der Waals surface area contributed by atoms with E-state index in [1.54, 1.807) is 29.3 Å². The van der Waals surface area contributed by atoms with E-state index in [4.69, 9.17) is 0 Å². The maximum absolute atomic E-state index is 12.4. The molecule has 144 valence electrons. The zero-order valence-electron chi connectivity index (χ0n) is 15.0. The molecule has 0 bridgehead atoms. The second kappa shape index (κ2) is 7.72. The lowest BCUT2D eigenvalue weighted by Crippen LogP contribution is -2.22. The van der Waals surface area contributed by atoms with Crippen molar-refractivity contribution in [1.82, 2.24) is 29.9 Å². The highest BCUT2D eigenvalue weighted by Crippen LogP contribution is 2.15. The van der Waals surface area contributed by atoms with Crippen molar-refractivity contribution in [2.75, 3.05) is 0 Å². The molecule has 4 aromatic rings. The number of hydrogen-bond donors (Lipinski definition) is 1. The van der Waals surface area contributed by atoms with Gasteiger partial charge in [-0.3, -0.25) is 14.9 Å². The quantitative estimate of drug-likeness (QED) is 0.399. The summed E-state index contributed by atoms with van der Waals surface area (Å²) in [5.41, 5.74) is 2.82. The van der Waals surface area contributed by atoms with Gasteiger partial charge in [-0.05, 0) is 29.8 Å². The number of amides is 1. The lowest BCUT2D eigenvalue weighted by atomic mass is 10.2. The van der Waals surface area contributed by atoms with Crippen LogP contribution in [0.2, 0.25) is 0 Å². The summed E-state index contributed by atoms with van der Waals surface area (Å²) in [5, 5.41) is 21.8. The normalized spacial score (nSPS) is 10.6. The van der Waals surface area contributed by atoms with E-state index in [1.165, 1.54) is 29.3 Å². The minimum atomic E-state index is -0.468. The minimum absolute atomic E-state index is 0.00582. The number of benzene rings is 2. The zero-order chi connectivity index (χ0) is 20.2. The van der Waals surface area contributed by atoms with Gasteiger partial charge in [0, 0.05) is 24.9 Å². The lowest BCUT2D eigenvalue weighted by molar-refractivity contribution is -0.384. The molecule has 0 fully saturated rings. The molecule has 2 aromatic carbocycles. The smallest absolute Gasteiger partial charge is 0.269 e. The van der Waals surface area contributed by atoms with Crippen molar-refractivity contribution >= 4 is 11.6 Å². The average molecular weight is 389 g/mol. The van der Waals surface area contributed by atoms with E-state index in [0.717, 1.165) is 11.3 Å². The van der Waals surface area contributed by atoms with Crippen LogP contribution in [0, 0.1) is 10.1 Å². The summed E-state index contributed by atoms with van der Waals surface area (Å²) in [6.45, 7) is 0.360. The fourth-order valence-corrected chi connectivity index (χ4v) is 2.70. The number of carbonyl (C=O) groups is 1. The Morgan fingerprint density at radius 1 is 1.00 bits per heavy atom. The predicted octanol–water partition coefficient (Wildman–Crippen LogP) is 2.29. The SMILES string of the molecule is O=C(NCc1ccc(-n2cncn2)cc1)c1cnn(-c2ccc([N+](=O)[O-])cc2)c1. The summed E-state index contributed by atoms with van der Waals surface area (Å²) in [6.07, 6.45) is 6.10. The van der Waals surface area contributed by atoms with Crippen molar-refractivity contribution in [2.24, 2.45) is 0 Å². The van der Waals surface area contributed by atoms with Gasteiger partial charge >= 0.3 is 0 Å². The minimum Gasteiger partial charge on any atom is -0.348 e. The standard InChI is InChI=1S/C19H15N7O3/c27-19(21-9-14-1-3-17(4-2-14)25-13-20-12-23-25)15-10-22-24(11-15)16-5-7-18(8-6-16)26(28)29/h1-8,10-13H,9H2,(H,21,27). The zero-order valence-corrected chi connectivity index (χ0v) is 15.0. The van der Waals surface area contributed by atoms with Crippen LogP contribution in [-0.4, -0.2) is 35.4 Å².